The van der Waals surface area contributed by atoms with Gasteiger partial charge in [-0.1, -0.05) is 28.1 Å². The summed E-state index contributed by atoms with van der Waals surface area (Å²) in [5, 5.41) is 8.13. The van der Waals surface area contributed by atoms with E-state index in [2.05, 4.69) is 15.9 Å². The van der Waals surface area contributed by atoms with Crippen LogP contribution in [0.5, 0.6) is 0 Å². The van der Waals surface area contributed by atoms with Gasteiger partial charge in [-0.3, -0.25) is 19.3 Å². The van der Waals surface area contributed by atoms with Gasteiger partial charge in [0, 0.05) is 16.1 Å². The third-order valence-electron chi connectivity index (χ3n) is 3.20. The topological polar surface area (TPSA) is 87.8 Å². The van der Waals surface area contributed by atoms with Crippen molar-refractivity contribution in [3.8, 4) is 11.3 Å². The van der Waals surface area contributed by atoms with E-state index in [0.29, 0.717) is 28.2 Å². The van der Waals surface area contributed by atoms with Crippen LogP contribution in [0.1, 0.15) is 5.76 Å². The molecule has 1 fully saturated rings. The normalized spacial score (nSPS) is 16.2. The van der Waals surface area contributed by atoms with Crippen LogP contribution in [0.15, 0.2) is 50.2 Å². The number of amides is 2. The minimum atomic E-state index is -1.24. The summed E-state index contributed by atoms with van der Waals surface area (Å²) in [5.41, 5.74) is 0.872. The Morgan fingerprint density at radius 2 is 1.92 bits per heavy atom. The number of carbonyl (C=O) groups excluding carboxylic acids is 2. The van der Waals surface area contributed by atoms with Gasteiger partial charge in [-0.2, -0.15) is 0 Å². The highest BCUT2D eigenvalue weighted by Crippen LogP contribution is 2.33. The molecule has 2 amide bonds. The largest absolute Gasteiger partial charge is 0.480 e. The number of carboxylic acid groups (broad SMARTS) is 1. The summed E-state index contributed by atoms with van der Waals surface area (Å²) in [6.07, 6.45) is 1.44. The molecule has 0 saturated carbocycles. The lowest BCUT2D eigenvalue weighted by Crippen LogP contribution is -2.33. The van der Waals surface area contributed by atoms with Crippen molar-refractivity contribution in [1.82, 2.24) is 4.90 Å². The maximum atomic E-state index is 12.1. The van der Waals surface area contributed by atoms with Crippen molar-refractivity contribution in [1.29, 1.82) is 0 Å². The van der Waals surface area contributed by atoms with Crippen molar-refractivity contribution in [3.05, 3.63) is 51.5 Å². The van der Waals surface area contributed by atoms with Gasteiger partial charge in [0.05, 0.1) is 4.91 Å². The van der Waals surface area contributed by atoms with Gasteiger partial charge in [-0.25, -0.2) is 0 Å². The lowest BCUT2D eigenvalue weighted by atomic mass is 10.2. The molecule has 0 atom stereocenters. The first kappa shape index (κ1) is 16.5. The summed E-state index contributed by atoms with van der Waals surface area (Å²) < 4.78 is 6.62. The van der Waals surface area contributed by atoms with E-state index in [9.17, 15) is 14.4 Å². The molecule has 0 bridgehead atoms. The van der Waals surface area contributed by atoms with E-state index in [1.54, 1.807) is 12.1 Å². The molecule has 0 aliphatic carbocycles. The fourth-order valence-electron chi connectivity index (χ4n) is 2.10. The zero-order valence-corrected chi connectivity index (χ0v) is 14.5. The predicted molar refractivity (Wildman–Crippen MR) is 92.2 cm³/mol. The second-order valence-electron chi connectivity index (χ2n) is 4.87. The maximum Gasteiger partial charge on any atom is 0.323 e. The molecule has 1 saturated heterocycles. The second-order valence-corrected chi connectivity index (χ2v) is 6.78. The Morgan fingerprint density at radius 1 is 1.21 bits per heavy atom. The van der Waals surface area contributed by atoms with Crippen molar-refractivity contribution in [2.24, 2.45) is 0 Å². The molecule has 24 heavy (non-hydrogen) atoms. The number of thioether (sulfide) groups is 1. The first-order valence-corrected chi connectivity index (χ1v) is 8.38. The molecule has 6 nitrogen and oxygen atoms in total. The van der Waals surface area contributed by atoms with E-state index in [4.69, 9.17) is 9.52 Å². The van der Waals surface area contributed by atoms with Crippen LogP contribution < -0.4 is 0 Å². The minimum absolute atomic E-state index is 0.137. The first-order valence-electron chi connectivity index (χ1n) is 6.77. The predicted octanol–water partition coefficient (Wildman–Crippen LogP) is 3.83. The van der Waals surface area contributed by atoms with Crippen molar-refractivity contribution in [3.63, 3.8) is 0 Å². The average molecular weight is 408 g/mol. The van der Waals surface area contributed by atoms with Crippen LogP contribution in [0.3, 0.4) is 0 Å². The molecule has 1 aromatic heterocycles. The standard InChI is InChI=1S/C16H10BrNO5S/c17-10-3-1-9(2-4-10)12-6-5-11(23-12)7-13-15(21)18(8-14(19)20)16(22)24-13/h1-7H,8H2,(H,19,20)/b13-7-. The van der Waals surface area contributed by atoms with E-state index < -0.39 is 23.7 Å². The van der Waals surface area contributed by atoms with Gasteiger partial charge in [-0.05, 0) is 36.0 Å². The molecule has 122 valence electrons. The summed E-state index contributed by atoms with van der Waals surface area (Å²) in [6.45, 7) is -0.649. The smallest absolute Gasteiger partial charge is 0.323 e. The van der Waals surface area contributed by atoms with Crippen LogP contribution in [0.25, 0.3) is 17.4 Å². The van der Waals surface area contributed by atoms with Gasteiger partial charge >= 0.3 is 5.97 Å². The van der Waals surface area contributed by atoms with Gasteiger partial charge in [0.2, 0.25) is 0 Å². The zero-order valence-electron chi connectivity index (χ0n) is 12.1. The monoisotopic (exact) mass is 407 g/mol. The number of carbonyl (C=O) groups is 3. The molecule has 8 heteroatoms. The van der Waals surface area contributed by atoms with Crippen LogP contribution in [-0.4, -0.2) is 33.7 Å². The number of furan rings is 1. The summed E-state index contributed by atoms with van der Waals surface area (Å²) in [7, 11) is 0. The highest BCUT2D eigenvalue weighted by Gasteiger charge is 2.36. The van der Waals surface area contributed by atoms with Gasteiger partial charge in [0.1, 0.15) is 18.1 Å². The number of imide groups is 1. The van der Waals surface area contributed by atoms with E-state index in [-0.39, 0.29) is 4.91 Å². The van der Waals surface area contributed by atoms with Crippen LogP contribution in [0, 0.1) is 0 Å². The quantitative estimate of drug-likeness (QED) is 0.774. The van der Waals surface area contributed by atoms with Gasteiger partial charge < -0.3 is 9.52 Å². The average Bonchev–Trinajstić information content (AvgIpc) is 3.09. The van der Waals surface area contributed by atoms with Gasteiger partial charge in [-0.15, -0.1) is 0 Å². The van der Waals surface area contributed by atoms with Crippen LogP contribution in [0.2, 0.25) is 0 Å². The number of aliphatic carboxylic acids is 1. The third-order valence-corrected chi connectivity index (χ3v) is 4.63. The number of benzene rings is 1. The summed E-state index contributed by atoms with van der Waals surface area (Å²) >= 11 is 4.05. The summed E-state index contributed by atoms with van der Waals surface area (Å²) in [6, 6.07) is 11.0. The molecular formula is C16H10BrNO5S. The van der Waals surface area contributed by atoms with E-state index >= 15 is 0 Å². The third kappa shape index (κ3) is 3.44. The number of hydrogen-bond donors (Lipinski definition) is 1. The molecule has 1 aromatic carbocycles. The lowest BCUT2D eigenvalue weighted by molar-refractivity contribution is -0.140. The van der Waals surface area contributed by atoms with Crippen molar-refractivity contribution < 1.29 is 23.9 Å². The molecule has 1 aliphatic heterocycles. The fraction of sp³-hybridized carbons (Fsp3) is 0.0625. The Morgan fingerprint density at radius 3 is 2.58 bits per heavy atom. The molecule has 1 aliphatic rings. The number of nitrogens with zero attached hydrogens (tertiary/aromatic N) is 1. The Balaban J connectivity index is 1.82. The number of halogens is 1. The van der Waals surface area contributed by atoms with Crippen LogP contribution in [-0.2, 0) is 9.59 Å². The Labute approximate surface area is 149 Å². The number of carboxylic acids is 1. The van der Waals surface area contributed by atoms with Crippen LogP contribution in [0.4, 0.5) is 4.79 Å². The SMILES string of the molecule is O=C(O)CN1C(=O)S/C(=C\c2ccc(-c3ccc(Br)cc3)o2)C1=O. The van der Waals surface area contributed by atoms with E-state index in [0.717, 1.165) is 10.0 Å². The maximum absolute atomic E-state index is 12.1. The molecule has 0 spiro atoms. The highest BCUT2D eigenvalue weighted by molar-refractivity contribution is 9.10. The second kappa shape index (κ2) is 6.66. The molecule has 0 radical (unpaired) electrons. The van der Waals surface area contributed by atoms with Gasteiger partial charge in [0.15, 0.2) is 0 Å². The molecule has 3 rings (SSSR count). The van der Waals surface area contributed by atoms with E-state index in [1.165, 1.54) is 6.08 Å². The highest BCUT2D eigenvalue weighted by atomic mass is 79.9. The molecule has 2 aromatic rings. The molecule has 0 unspecified atom stereocenters. The minimum Gasteiger partial charge on any atom is -0.480 e. The van der Waals surface area contributed by atoms with Crippen LogP contribution >= 0.6 is 27.7 Å². The molecule has 2 heterocycles. The van der Waals surface area contributed by atoms with Crippen molar-refractivity contribution in [2.75, 3.05) is 6.54 Å². The van der Waals surface area contributed by atoms with Gasteiger partial charge in [0.25, 0.3) is 11.1 Å². The van der Waals surface area contributed by atoms with Crippen molar-refractivity contribution in [2.45, 2.75) is 0 Å². The fourth-order valence-corrected chi connectivity index (χ4v) is 3.18. The summed E-state index contributed by atoms with van der Waals surface area (Å²) in [4.78, 5) is 35.3. The van der Waals surface area contributed by atoms with Crippen molar-refractivity contribution >= 4 is 50.9 Å². The molecular weight excluding hydrogens is 398 g/mol. The lowest BCUT2D eigenvalue weighted by Gasteiger charge is -2.07. The first-order chi connectivity index (χ1) is 11.4. The number of rotatable bonds is 4. The van der Waals surface area contributed by atoms with E-state index in [1.807, 2.05) is 24.3 Å². The molecule has 1 N–H and O–H groups in total. The zero-order chi connectivity index (χ0) is 17.3. The Kier molecular flexibility index (Phi) is 4.59. The number of hydrogen-bond acceptors (Lipinski definition) is 5. The Bertz CT molecular complexity index is 856. The Hall–Kier alpha value is -2.32. The summed E-state index contributed by atoms with van der Waals surface area (Å²) in [5.74, 6) is -0.838.